The van der Waals surface area contributed by atoms with Gasteiger partial charge in [-0.3, -0.25) is 10.00 Å². The van der Waals surface area contributed by atoms with E-state index in [1.807, 2.05) is 38.6 Å². The van der Waals surface area contributed by atoms with E-state index in [9.17, 15) is 4.79 Å². The number of aromatic nitrogens is 4. The summed E-state index contributed by atoms with van der Waals surface area (Å²) in [6.45, 7) is 6.01. The predicted molar refractivity (Wildman–Crippen MR) is 92.0 cm³/mol. The number of carbonyl (C=O) groups excluding carboxylic acids is 1. The van der Waals surface area contributed by atoms with Gasteiger partial charge in [0.15, 0.2) is 5.82 Å². The van der Waals surface area contributed by atoms with Crippen molar-refractivity contribution in [2.45, 2.75) is 52.0 Å². The number of hydrogen-bond acceptors (Lipinski definition) is 4. The Balaban J connectivity index is 1.53. The second-order valence-electron chi connectivity index (χ2n) is 6.59. The number of aryl methyl sites for hydroxylation is 2. The Morgan fingerprint density at radius 3 is 2.62 bits per heavy atom. The highest BCUT2D eigenvalue weighted by molar-refractivity contribution is 5.88. The van der Waals surface area contributed by atoms with Crippen molar-refractivity contribution in [2.75, 3.05) is 5.32 Å². The zero-order valence-electron chi connectivity index (χ0n) is 14.6. The molecule has 0 radical (unpaired) electrons. The van der Waals surface area contributed by atoms with Gasteiger partial charge in [-0.05, 0) is 57.7 Å². The molecular weight excluding hydrogens is 304 g/mol. The van der Waals surface area contributed by atoms with Crippen LogP contribution in [0.3, 0.4) is 0 Å². The zero-order valence-corrected chi connectivity index (χ0v) is 14.6. The average Bonchev–Trinajstić information content (AvgIpc) is 3.33. The summed E-state index contributed by atoms with van der Waals surface area (Å²) in [5.74, 6) is 1.03. The number of anilines is 1. The van der Waals surface area contributed by atoms with E-state index in [0.29, 0.717) is 11.7 Å². The summed E-state index contributed by atoms with van der Waals surface area (Å²) < 4.78 is 1.87. The van der Waals surface area contributed by atoms with E-state index in [4.69, 9.17) is 0 Å². The lowest BCUT2D eigenvalue weighted by Crippen LogP contribution is -2.37. The third-order valence-electron chi connectivity index (χ3n) is 4.47. The molecule has 0 spiro atoms. The van der Waals surface area contributed by atoms with Crippen LogP contribution in [-0.4, -0.2) is 32.1 Å². The second-order valence-corrected chi connectivity index (χ2v) is 6.59. The molecule has 1 aliphatic carbocycles. The Labute approximate surface area is 141 Å². The molecular formula is C17H24N6O. The topological polar surface area (TPSA) is 84.7 Å². The molecule has 2 aromatic rings. The number of nitrogens with one attached hydrogen (secondary N) is 2. The van der Waals surface area contributed by atoms with E-state index >= 15 is 0 Å². The minimum Gasteiger partial charge on any atom is -0.335 e. The van der Waals surface area contributed by atoms with E-state index in [0.717, 1.165) is 23.5 Å². The predicted octanol–water partition coefficient (Wildman–Crippen LogP) is 2.46. The Bertz CT molecular complexity index is 732. The molecule has 2 heterocycles. The highest BCUT2D eigenvalue weighted by Gasteiger charge is 2.25. The second kappa shape index (κ2) is 6.59. The quantitative estimate of drug-likeness (QED) is 0.883. The molecule has 1 saturated carbocycles. The molecule has 1 aliphatic rings. The highest BCUT2D eigenvalue weighted by atomic mass is 16.2. The summed E-state index contributed by atoms with van der Waals surface area (Å²) in [6, 6.07) is 3.47. The first-order chi connectivity index (χ1) is 11.4. The molecule has 0 saturated heterocycles. The molecule has 1 fully saturated rings. The van der Waals surface area contributed by atoms with Gasteiger partial charge in [-0.15, -0.1) is 5.10 Å². The summed E-state index contributed by atoms with van der Waals surface area (Å²) in [4.78, 5) is 12.1. The molecule has 2 aromatic heterocycles. The maximum absolute atomic E-state index is 12.1. The van der Waals surface area contributed by atoms with Gasteiger partial charge in [-0.25, -0.2) is 4.79 Å². The molecule has 2 N–H and O–H groups in total. The highest BCUT2D eigenvalue weighted by Crippen LogP contribution is 2.38. The Morgan fingerprint density at radius 1 is 1.33 bits per heavy atom. The molecule has 1 atom stereocenters. The monoisotopic (exact) mass is 328 g/mol. The molecule has 7 heteroatoms. The molecule has 0 unspecified atom stereocenters. The minimum absolute atomic E-state index is 0.00898. The molecule has 128 valence electrons. The largest absolute Gasteiger partial charge is 0.335 e. The molecule has 24 heavy (non-hydrogen) atoms. The Morgan fingerprint density at radius 2 is 2.08 bits per heavy atom. The van der Waals surface area contributed by atoms with Crippen molar-refractivity contribution < 1.29 is 4.79 Å². The van der Waals surface area contributed by atoms with Gasteiger partial charge in [-0.2, -0.15) is 10.2 Å². The first-order valence-electron chi connectivity index (χ1n) is 8.34. The summed E-state index contributed by atoms with van der Waals surface area (Å²) in [5.41, 5.74) is 4.32. The van der Waals surface area contributed by atoms with Crippen LogP contribution in [0.2, 0.25) is 0 Å². The van der Waals surface area contributed by atoms with Crippen LogP contribution in [0.5, 0.6) is 0 Å². The summed E-state index contributed by atoms with van der Waals surface area (Å²) in [6.07, 6.45) is 3.12. The van der Waals surface area contributed by atoms with Gasteiger partial charge in [0.2, 0.25) is 0 Å². The molecule has 0 aromatic carbocycles. The standard InChI is InChI=1S/C17H24N6O/c1-10(9-14-11(2)22-23(4)12(14)3)18-17(24)19-16-8-7-15(20-21-16)13-5-6-13/h7-8,10,13H,5-6,9H2,1-4H3,(H2,18,19,21,24)/t10-/m0/s1. The van der Waals surface area contributed by atoms with Crippen LogP contribution in [-0.2, 0) is 13.5 Å². The van der Waals surface area contributed by atoms with E-state index < -0.39 is 0 Å². The lowest BCUT2D eigenvalue weighted by Gasteiger charge is -2.14. The van der Waals surface area contributed by atoms with Gasteiger partial charge in [0, 0.05) is 24.7 Å². The third kappa shape index (κ3) is 3.72. The third-order valence-corrected chi connectivity index (χ3v) is 4.47. The van der Waals surface area contributed by atoms with Crippen molar-refractivity contribution in [2.24, 2.45) is 7.05 Å². The Kier molecular flexibility index (Phi) is 4.51. The van der Waals surface area contributed by atoms with Crippen LogP contribution < -0.4 is 10.6 Å². The van der Waals surface area contributed by atoms with Crippen molar-refractivity contribution >= 4 is 11.8 Å². The van der Waals surface area contributed by atoms with Crippen LogP contribution in [0.1, 0.15) is 48.3 Å². The number of urea groups is 1. The van der Waals surface area contributed by atoms with E-state index in [2.05, 4.69) is 25.9 Å². The molecule has 3 rings (SSSR count). The molecule has 0 aliphatic heterocycles. The van der Waals surface area contributed by atoms with Crippen molar-refractivity contribution in [3.05, 3.63) is 34.8 Å². The van der Waals surface area contributed by atoms with E-state index in [-0.39, 0.29) is 12.1 Å². The molecule has 7 nitrogen and oxygen atoms in total. The lowest BCUT2D eigenvalue weighted by molar-refractivity contribution is 0.249. The average molecular weight is 328 g/mol. The molecule has 2 amide bonds. The summed E-state index contributed by atoms with van der Waals surface area (Å²) in [7, 11) is 1.93. The van der Waals surface area contributed by atoms with Crippen molar-refractivity contribution in [1.82, 2.24) is 25.3 Å². The number of carbonyl (C=O) groups is 1. The van der Waals surface area contributed by atoms with Crippen molar-refractivity contribution in [3.63, 3.8) is 0 Å². The van der Waals surface area contributed by atoms with Crippen LogP contribution in [0.25, 0.3) is 0 Å². The van der Waals surface area contributed by atoms with Gasteiger partial charge in [0.05, 0.1) is 11.4 Å². The minimum atomic E-state index is -0.268. The van der Waals surface area contributed by atoms with Gasteiger partial charge in [0.25, 0.3) is 0 Å². The first kappa shape index (κ1) is 16.4. The normalized spacial score (nSPS) is 15.2. The zero-order chi connectivity index (χ0) is 17.3. The number of nitrogens with zero attached hydrogens (tertiary/aromatic N) is 4. The smallest absolute Gasteiger partial charge is 0.320 e. The van der Waals surface area contributed by atoms with Crippen molar-refractivity contribution in [3.8, 4) is 0 Å². The molecule has 0 bridgehead atoms. The SMILES string of the molecule is Cc1nn(C)c(C)c1C[C@H](C)NC(=O)Nc1ccc(C2CC2)nn1. The number of amides is 2. The fourth-order valence-corrected chi connectivity index (χ4v) is 2.85. The lowest BCUT2D eigenvalue weighted by atomic mass is 10.1. The maximum Gasteiger partial charge on any atom is 0.320 e. The number of hydrogen-bond donors (Lipinski definition) is 2. The van der Waals surface area contributed by atoms with Gasteiger partial charge in [0.1, 0.15) is 0 Å². The Hall–Kier alpha value is -2.44. The van der Waals surface area contributed by atoms with Crippen molar-refractivity contribution in [1.29, 1.82) is 0 Å². The van der Waals surface area contributed by atoms with Crippen LogP contribution in [0.15, 0.2) is 12.1 Å². The van der Waals surface area contributed by atoms with E-state index in [1.54, 1.807) is 6.07 Å². The van der Waals surface area contributed by atoms with Crippen LogP contribution in [0.4, 0.5) is 10.6 Å². The van der Waals surface area contributed by atoms with Gasteiger partial charge < -0.3 is 5.32 Å². The van der Waals surface area contributed by atoms with Crippen LogP contribution >= 0.6 is 0 Å². The maximum atomic E-state index is 12.1. The fraction of sp³-hybridized carbons (Fsp3) is 0.529. The van der Waals surface area contributed by atoms with E-state index in [1.165, 1.54) is 18.4 Å². The fourth-order valence-electron chi connectivity index (χ4n) is 2.85. The first-order valence-corrected chi connectivity index (χ1v) is 8.34. The van der Waals surface area contributed by atoms with Crippen LogP contribution in [0, 0.1) is 13.8 Å². The summed E-state index contributed by atoms with van der Waals surface area (Å²) in [5, 5.41) is 18.3. The summed E-state index contributed by atoms with van der Waals surface area (Å²) >= 11 is 0. The van der Waals surface area contributed by atoms with Gasteiger partial charge in [-0.1, -0.05) is 0 Å². The van der Waals surface area contributed by atoms with Gasteiger partial charge >= 0.3 is 6.03 Å². The number of rotatable bonds is 5.